The summed E-state index contributed by atoms with van der Waals surface area (Å²) in [7, 11) is 0. The third-order valence-corrected chi connectivity index (χ3v) is 9.28. The van der Waals surface area contributed by atoms with Crippen molar-refractivity contribution >= 4 is 49.4 Å². The van der Waals surface area contributed by atoms with Gasteiger partial charge in [0, 0.05) is 38.5 Å². The van der Waals surface area contributed by atoms with Gasteiger partial charge in [0.2, 0.25) is 0 Å². The number of benzene rings is 6. The summed E-state index contributed by atoms with van der Waals surface area (Å²) in [6.45, 7) is 0. The number of hydrogen-bond donors (Lipinski definition) is 0. The van der Waals surface area contributed by atoms with Crippen molar-refractivity contribution in [2.24, 2.45) is 0 Å². The first-order valence-electron chi connectivity index (χ1n) is 16.1. The summed E-state index contributed by atoms with van der Waals surface area (Å²) in [5.41, 5.74) is 12.1. The molecule has 0 N–H and O–H groups in total. The van der Waals surface area contributed by atoms with Gasteiger partial charge in [-0.25, -0.2) is 15.0 Å². The van der Waals surface area contributed by atoms with Crippen molar-refractivity contribution in [1.29, 1.82) is 0 Å². The van der Waals surface area contributed by atoms with Gasteiger partial charge in [-0.15, -0.1) is 0 Å². The summed E-state index contributed by atoms with van der Waals surface area (Å²) in [5, 5.41) is 3.42. The third-order valence-electron chi connectivity index (χ3n) is 9.28. The number of pyridine rings is 1. The Balaban J connectivity index is 1.26. The number of aromatic nitrogens is 5. The van der Waals surface area contributed by atoms with Gasteiger partial charge in [-0.1, -0.05) is 97.1 Å². The molecule has 0 aliphatic carbocycles. The summed E-state index contributed by atoms with van der Waals surface area (Å²) in [4.78, 5) is 15.7. The van der Waals surface area contributed by atoms with Crippen LogP contribution in [0.3, 0.4) is 0 Å². The predicted octanol–water partition coefficient (Wildman–Crippen LogP) is 10.5. The Morgan fingerprint density at radius 1 is 0.375 bits per heavy atom. The SMILES string of the molecule is c1ccc(-c2cc(-c3nc4ccccc4c4nc5ccccc5n34)cc(-c3ccc4c(c3)c3ccccc3n4-c3ccccc3)n2)cc1. The third kappa shape index (κ3) is 4.08. The van der Waals surface area contributed by atoms with E-state index in [0.717, 1.165) is 72.7 Å². The molecule has 0 spiro atoms. The van der Waals surface area contributed by atoms with Crippen LogP contribution in [0.1, 0.15) is 0 Å². The van der Waals surface area contributed by atoms with Crippen LogP contribution in [0.25, 0.3) is 89.0 Å². The number of para-hydroxylation sites is 5. The van der Waals surface area contributed by atoms with Crippen molar-refractivity contribution in [2.75, 3.05) is 0 Å². The highest BCUT2D eigenvalue weighted by molar-refractivity contribution is 6.10. The Hall–Kier alpha value is -6.59. The van der Waals surface area contributed by atoms with Gasteiger partial charge < -0.3 is 4.57 Å². The van der Waals surface area contributed by atoms with Gasteiger partial charge in [0.25, 0.3) is 0 Å². The number of fused-ring (bicyclic) bond motifs is 8. The lowest BCUT2D eigenvalue weighted by Crippen LogP contribution is -2.00. The summed E-state index contributed by atoms with van der Waals surface area (Å²) in [6.07, 6.45) is 0. The van der Waals surface area contributed by atoms with E-state index in [0.29, 0.717) is 0 Å². The second kappa shape index (κ2) is 10.5. The molecule has 5 nitrogen and oxygen atoms in total. The Labute approximate surface area is 276 Å². The Morgan fingerprint density at radius 2 is 1.00 bits per heavy atom. The molecule has 224 valence electrons. The molecule has 6 aromatic carbocycles. The molecule has 4 heterocycles. The molecule has 0 radical (unpaired) electrons. The smallest absolute Gasteiger partial charge is 0.149 e. The van der Waals surface area contributed by atoms with Crippen molar-refractivity contribution < 1.29 is 0 Å². The Kier molecular flexibility index (Phi) is 5.81. The van der Waals surface area contributed by atoms with Gasteiger partial charge in [-0.05, 0) is 66.7 Å². The first kappa shape index (κ1) is 26.6. The number of hydrogen-bond acceptors (Lipinski definition) is 3. The van der Waals surface area contributed by atoms with Gasteiger partial charge in [0.05, 0.1) is 39.0 Å². The molecule has 0 aliphatic heterocycles. The van der Waals surface area contributed by atoms with Gasteiger partial charge in [0.1, 0.15) is 11.5 Å². The van der Waals surface area contributed by atoms with Crippen LogP contribution in [0.5, 0.6) is 0 Å². The Bertz CT molecular complexity index is 2830. The average Bonchev–Trinajstić information content (AvgIpc) is 3.71. The molecule has 0 saturated heterocycles. The van der Waals surface area contributed by atoms with Crippen LogP contribution in [0.15, 0.2) is 164 Å². The molecule has 0 fully saturated rings. The maximum Gasteiger partial charge on any atom is 0.149 e. The van der Waals surface area contributed by atoms with E-state index in [1.807, 2.05) is 24.3 Å². The lowest BCUT2D eigenvalue weighted by atomic mass is 10.0. The molecule has 10 aromatic rings. The zero-order valence-corrected chi connectivity index (χ0v) is 25.8. The lowest BCUT2D eigenvalue weighted by molar-refractivity contribution is 1.15. The normalized spacial score (nSPS) is 11.8. The first-order valence-corrected chi connectivity index (χ1v) is 16.1. The minimum atomic E-state index is 0.833. The molecule has 5 heteroatoms. The number of nitrogens with zero attached hydrogens (tertiary/aromatic N) is 5. The van der Waals surface area contributed by atoms with Crippen LogP contribution in [-0.4, -0.2) is 23.9 Å². The van der Waals surface area contributed by atoms with E-state index < -0.39 is 0 Å². The van der Waals surface area contributed by atoms with Crippen LogP contribution in [0, 0.1) is 0 Å². The van der Waals surface area contributed by atoms with Gasteiger partial charge in [-0.2, -0.15) is 0 Å². The van der Waals surface area contributed by atoms with E-state index in [-0.39, 0.29) is 0 Å². The van der Waals surface area contributed by atoms with E-state index in [1.165, 1.54) is 16.3 Å². The first-order chi connectivity index (χ1) is 23.8. The number of imidazole rings is 1. The molecule has 48 heavy (non-hydrogen) atoms. The van der Waals surface area contributed by atoms with Crippen LogP contribution < -0.4 is 0 Å². The van der Waals surface area contributed by atoms with Crippen molar-refractivity contribution in [1.82, 2.24) is 23.9 Å². The lowest BCUT2D eigenvalue weighted by Gasteiger charge is -2.13. The fourth-order valence-corrected chi connectivity index (χ4v) is 7.09. The molecule has 0 saturated carbocycles. The molecule has 0 atom stereocenters. The van der Waals surface area contributed by atoms with Crippen molar-refractivity contribution in [3.05, 3.63) is 164 Å². The standard InChI is InChI=1S/C43H27N5/c1-3-13-28(14-4-1)37-26-30(42-45-35-19-9-7-18-33(35)43-46-36-20-10-12-22-41(36)48(42)43)27-38(44-37)29-23-24-40-34(25-29)32-17-8-11-21-39(32)47(40)31-15-5-2-6-16-31/h1-27H. The highest BCUT2D eigenvalue weighted by atomic mass is 15.1. The summed E-state index contributed by atoms with van der Waals surface area (Å²) >= 11 is 0. The summed E-state index contributed by atoms with van der Waals surface area (Å²) in [6, 6.07) is 57.1. The highest BCUT2D eigenvalue weighted by Gasteiger charge is 2.19. The fourth-order valence-electron chi connectivity index (χ4n) is 7.09. The van der Waals surface area contributed by atoms with E-state index in [9.17, 15) is 0 Å². The highest BCUT2D eigenvalue weighted by Crippen LogP contribution is 2.37. The maximum atomic E-state index is 5.29. The maximum absolute atomic E-state index is 5.29. The van der Waals surface area contributed by atoms with Crippen LogP contribution >= 0.6 is 0 Å². The molecule has 0 unspecified atom stereocenters. The minimum Gasteiger partial charge on any atom is -0.309 e. The van der Waals surface area contributed by atoms with Crippen molar-refractivity contribution in [3.8, 4) is 39.6 Å². The zero-order valence-electron chi connectivity index (χ0n) is 25.8. The van der Waals surface area contributed by atoms with Crippen molar-refractivity contribution in [2.45, 2.75) is 0 Å². The van der Waals surface area contributed by atoms with E-state index >= 15 is 0 Å². The topological polar surface area (TPSA) is 48.0 Å². The molecule has 10 rings (SSSR count). The Morgan fingerprint density at radius 3 is 1.81 bits per heavy atom. The second-order valence-electron chi connectivity index (χ2n) is 12.1. The summed E-state index contributed by atoms with van der Waals surface area (Å²) in [5.74, 6) is 0.833. The molecule has 0 aliphatic rings. The van der Waals surface area contributed by atoms with Gasteiger partial charge in [-0.3, -0.25) is 4.40 Å². The van der Waals surface area contributed by atoms with Crippen LogP contribution in [-0.2, 0) is 0 Å². The van der Waals surface area contributed by atoms with Crippen LogP contribution in [0.4, 0.5) is 0 Å². The zero-order chi connectivity index (χ0) is 31.6. The number of rotatable bonds is 4. The average molecular weight is 614 g/mol. The second-order valence-corrected chi connectivity index (χ2v) is 12.1. The summed E-state index contributed by atoms with van der Waals surface area (Å²) < 4.78 is 4.54. The van der Waals surface area contributed by atoms with Crippen molar-refractivity contribution in [3.63, 3.8) is 0 Å². The molecule has 0 bridgehead atoms. The quantitative estimate of drug-likeness (QED) is 0.198. The van der Waals surface area contributed by atoms with E-state index in [1.54, 1.807) is 0 Å². The molecule has 0 amide bonds. The van der Waals surface area contributed by atoms with E-state index in [4.69, 9.17) is 15.0 Å². The minimum absolute atomic E-state index is 0.833. The van der Waals surface area contributed by atoms with Gasteiger partial charge >= 0.3 is 0 Å². The van der Waals surface area contributed by atoms with Gasteiger partial charge in [0.15, 0.2) is 0 Å². The molecular weight excluding hydrogens is 587 g/mol. The fraction of sp³-hybridized carbons (Fsp3) is 0. The molecular formula is C43H27N5. The monoisotopic (exact) mass is 613 g/mol. The molecule has 4 aromatic heterocycles. The largest absolute Gasteiger partial charge is 0.309 e. The van der Waals surface area contributed by atoms with Crippen LogP contribution in [0.2, 0.25) is 0 Å². The van der Waals surface area contributed by atoms with E-state index in [2.05, 4.69) is 148 Å². The predicted molar refractivity (Wildman–Crippen MR) is 196 cm³/mol.